The molecule has 0 aliphatic carbocycles. The first-order chi connectivity index (χ1) is 7.70. The SMILES string of the molecule is COc1ccccc1C(CCCO)N(C)C. The van der Waals surface area contributed by atoms with Crippen LogP contribution in [0.15, 0.2) is 24.3 Å². The first-order valence-electron chi connectivity index (χ1n) is 5.61. The van der Waals surface area contributed by atoms with Crippen LogP contribution in [0.1, 0.15) is 24.4 Å². The minimum atomic E-state index is 0.236. The highest BCUT2D eigenvalue weighted by atomic mass is 16.5. The summed E-state index contributed by atoms with van der Waals surface area (Å²) in [6.07, 6.45) is 1.74. The number of hydrogen-bond donors (Lipinski definition) is 1. The number of aliphatic hydroxyl groups is 1. The van der Waals surface area contributed by atoms with E-state index >= 15 is 0 Å². The predicted molar refractivity (Wildman–Crippen MR) is 65.7 cm³/mol. The van der Waals surface area contributed by atoms with Crippen LogP contribution in [0.4, 0.5) is 0 Å². The van der Waals surface area contributed by atoms with Gasteiger partial charge in [-0.15, -0.1) is 0 Å². The lowest BCUT2D eigenvalue weighted by atomic mass is 10.00. The minimum Gasteiger partial charge on any atom is -0.496 e. The van der Waals surface area contributed by atoms with Crippen molar-refractivity contribution in [2.45, 2.75) is 18.9 Å². The van der Waals surface area contributed by atoms with Crippen molar-refractivity contribution in [2.24, 2.45) is 0 Å². The molecule has 0 heterocycles. The molecule has 0 fully saturated rings. The van der Waals surface area contributed by atoms with Crippen LogP contribution in [0.25, 0.3) is 0 Å². The van der Waals surface area contributed by atoms with Crippen molar-refractivity contribution in [1.82, 2.24) is 4.90 Å². The Morgan fingerprint density at radius 3 is 2.56 bits per heavy atom. The lowest BCUT2D eigenvalue weighted by molar-refractivity contribution is 0.231. The molecular weight excluding hydrogens is 202 g/mol. The fourth-order valence-electron chi connectivity index (χ4n) is 1.92. The van der Waals surface area contributed by atoms with Crippen LogP contribution in [0.3, 0.4) is 0 Å². The molecule has 0 spiro atoms. The van der Waals surface area contributed by atoms with Crippen molar-refractivity contribution in [3.8, 4) is 5.75 Å². The Morgan fingerprint density at radius 2 is 2.00 bits per heavy atom. The topological polar surface area (TPSA) is 32.7 Å². The third-order valence-electron chi connectivity index (χ3n) is 2.76. The third kappa shape index (κ3) is 3.22. The van der Waals surface area contributed by atoms with Crippen molar-refractivity contribution in [3.05, 3.63) is 29.8 Å². The summed E-state index contributed by atoms with van der Waals surface area (Å²) in [6.45, 7) is 0.236. The Bertz CT molecular complexity index is 313. The zero-order valence-corrected chi connectivity index (χ0v) is 10.3. The molecule has 16 heavy (non-hydrogen) atoms. The molecular formula is C13H21NO2. The summed E-state index contributed by atoms with van der Waals surface area (Å²) in [5.74, 6) is 0.916. The smallest absolute Gasteiger partial charge is 0.123 e. The Morgan fingerprint density at radius 1 is 1.31 bits per heavy atom. The quantitative estimate of drug-likeness (QED) is 0.801. The van der Waals surface area contributed by atoms with Crippen molar-refractivity contribution < 1.29 is 9.84 Å². The Kier molecular flexibility index (Phi) is 5.29. The summed E-state index contributed by atoms with van der Waals surface area (Å²) in [7, 11) is 5.79. The molecule has 0 aliphatic heterocycles. The molecule has 1 N–H and O–H groups in total. The number of aliphatic hydroxyl groups excluding tert-OH is 1. The van der Waals surface area contributed by atoms with E-state index in [9.17, 15) is 0 Å². The van der Waals surface area contributed by atoms with Crippen LogP contribution < -0.4 is 4.74 Å². The largest absolute Gasteiger partial charge is 0.496 e. The van der Waals surface area contributed by atoms with E-state index in [1.165, 1.54) is 5.56 Å². The molecule has 1 rings (SSSR count). The molecule has 0 aromatic heterocycles. The molecule has 1 aromatic rings. The highest BCUT2D eigenvalue weighted by Crippen LogP contribution is 2.30. The van der Waals surface area contributed by atoms with Gasteiger partial charge in [-0.3, -0.25) is 0 Å². The number of methoxy groups -OCH3 is 1. The summed E-state index contributed by atoms with van der Waals surface area (Å²) in [5.41, 5.74) is 1.18. The van der Waals surface area contributed by atoms with Gasteiger partial charge in [0.15, 0.2) is 0 Å². The maximum atomic E-state index is 8.92. The molecule has 0 bridgehead atoms. The van der Waals surface area contributed by atoms with Crippen LogP contribution >= 0.6 is 0 Å². The van der Waals surface area contributed by atoms with Crippen molar-refractivity contribution in [2.75, 3.05) is 27.8 Å². The molecule has 0 aliphatic rings. The summed E-state index contributed by atoms with van der Waals surface area (Å²) >= 11 is 0. The normalized spacial score (nSPS) is 12.8. The summed E-state index contributed by atoms with van der Waals surface area (Å²) in [6, 6.07) is 8.35. The van der Waals surface area contributed by atoms with Gasteiger partial charge in [0.2, 0.25) is 0 Å². The molecule has 1 unspecified atom stereocenters. The molecule has 0 radical (unpaired) electrons. The Hall–Kier alpha value is -1.06. The van der Waals surface area contributed by atoms with Crippen LogP contribution in [0.2, 0.25) is 0 Å². The molecule has 1 atom stereocenters. The lowest BCUT2D eigenvalue weighted by Crippen LogP contribution is -2.20. The van der Waals surface area contributed by atoms with E-state index in [-0.39, 0.29) is 6.61 Å². The van der Waals surface area contributed by atoms with Crippen molar-refractivity contribution in [1.29, 1.82) is 0 Å². The van der Waals surface area contributed by atoms with E-state index in [0.717, 1.165) is 18.6 Å². The number of hydrogen-bond acceptors (Lipinski definition) is 3. The van der Waals surface area contributed by atoms with E-state index in [4.69, 9.17) is 9.84 Å². The van der Waals surface area contributed by atoms with Crippen molar-refractivity contribution in [3.63, 3.8) is 0 Å². The van der Waals surface area contributed by atoms with Gasteiger partial charge >= 0.3 is 0 Å². The van der Waals surface area contributed by atoms with E-state index in [1.807, 2.05) is 18.2 Å². The fourth-order valence-corrected chi connectivity index (χ4v) is 1.92. The van der Waals surface area contributed by atoms with E-state index in [1.54, 1.807) is 7.11 Å². The monoisotopic (exact) mass is 223 g/mol. The first kappa shape index (κ1) is 13.0. The van der Waals surface area contributed by atoms with Gasteiger partial charge in [-0.25, -0.2) is 0 Å². The van der Waals surface area contributed by atoms with E-state index in [2.05, 4.69) is 25.1 Å². The Balaban J connectivity index is 2.91. The molecule has 90 valence electrons. The second kappa shape index (κ2) is 6.51. The number of para-hydroxylation sites is 1. The number of ether oxygens (including phenoxy) is 1. The average molecular weight is 223 g/mol. The number of benzene rings is 1. The zero-order valence-electron chi connectivity index (χ0n) is 10.3. The molecule has 3 nitrogen and oxygen atoms in total. The molecule has 0 amide bonds. The molecule has 0 saturated carbocycles. The molecule has 1 aromatic carbocycles. The average Bonchev–Trinajstić information content (AvgIpc) is 2.29. The van der Waals surface area contributed by atoms with E-state index in [0.29, 0.717) is 6.04 Å². The van der Waals surface area contributed by atoms with Crippen LogP contribution in [-0.2, 0) is 0 Å². The Labute approximate surface area is 97.7 Å². The van der Waals surface area contributed by atoms with Gasteiger partial charge in [-0.1, -0.05) is 18.2 Å². The zero-order chi connectivity index (χ0) is 12.0. The summed E-state index contributed by atoms with van der Waals surface area (Å²) < 4.78 is 5.37. The predicted octanol–water partition coefficient (Wildman–Crippen LogP) is 2.07. The standard InChI is InChI=1S/C13H21NO2/c1-14(2)12(8-6-10-15)11-7-4-5-9-13(11)16-3/h4-5,7,9,12,15H,6,8,10H2,1-3H3. The molecule has 3 heteroatoms. The van der Waals surface area contributed by atoms with Gasteiger partial charge in [0, 0.05) is 18.2 Å². The summed E-state index contributed by atoms with van der Waals surface area (Å²) in [5, 5.41) is 8.92. The van der Waals surface area contributed by atoms with Gasteiger partial charge in [0.1, 0.15) is 5.75 Å². The highest BCUT2D eigenvalue weighted by molar-refractivity contribution is 5.35. The van der Waals surface area contributed by atoms with Gasteiger partial charge in [-0.05, 0) is 33.0 Å². The van der Waals surface area contributed by atoms with Crippen LogP contribution in [0, 0.1) is 0 Å². The van der Waals surface area contributed by atoms with Gasteiger partial charge < -0.3 is 14.7 Å². The first-order valence-corrected chi connectivity index (χ1v) is 5.61. The van der Waals surface area contributed by atoms with E-state index < -0.39 is 0 Å². The number of rotatable bonds is 6. The fraction of sp³-hybridized carbons (Fsp3) is 0.538. The highest BCUT2D eigenvalue weighted by Gasteiger charge is 2.17. The summed E-state index contributed by atoms with van der Waals surface area (Å²) in [4.78, 5) is 2.16. The molecule has 0 saturated heterocycles. The van der Waals surface area contributed by atoms with Gasteiger partial charge in [-0.2, -0.15) is 0 Å². The van der Waals surface area contributed by atoms with Gasteiger partial charge in [0.25, 0.3) is 0 Å². The van der Waals surface area contributed by atoms with Crippen LogP contribution in [0.5, 0.6) is 5.75 Å². The third-order valence-corrected chi connectivity index (χ3v) is 2.76. The minimum absolute atomic E-state index is 0.236. The lowest BCUT2D eigenvalue weighted by Gasteiger charge is -2.26. The van der Waals surface area contributed by atoms with Crippen molar-refractivity contribution >= 4 is 0 Å². The van der Waals surface area contributed by atoms with Gasteiger partial charge in [0.05, 0.1) is 7.11 Å². The van der Waals surface area contributed by atoms with Crippen LogP contribution in [-0.4, -0.2) is 37.8 Å². The second-order valence-corrected chi connectivity index (χ2v) is 4.09. The maximum absolute atomic E-state index is 8.92. The number of nitrogens with zero attached hydrogens (tertiary/aromatic N) is 1. The maximum Gasteiger partial charge on any atom is 0.123 e. The second-order valence-electron chi connectivity index (χ2n) is 4.09.